The molecule has 1 aromatic rings. The minimum absolute atomic E-state index is 0.0978. The second-order valence-electron chi connectivity index (χ2n) is 3.65. The van der Waals surface area contributed by atoms with Crippen molar-refractivity contribution in [2.45, 2.75) is 13.3 Å². The van der Waals surface area contributed by atoms with Gasteiger partial charge in [0.05, 0.1) is 6.42 Å². The molecule has 2 nitrogen and oxygen atoms in total. The van der Waals surface area contributed by atoms with Crippen LogP contribution >= 0.6 is 0 Å². The van der Waals surface area contributed by atoms with Crippen molar-refractivity contribution in [1.82, 2.24) is 5.32 Å². The van der Waals surface area contributed by atoms with E-state index in [0.29, 0.717) is 6.54 Å². The minimum Gasteiger partial charge on any atom is -0.352 e. The van der Waals surface area contributed by atoms with Crippen LogP contribution in [0.5, 0.6) is 0 Å². The molecular weight excluding hydrogens is 212 g/mol. The third-order valence-electron chi connectivity index (χ3n) is 1.95. The van der Waals surface area contributed by atoms with Gasteiger partial charge in [-0.05, 0) is 18.6 Å². The summed E-state index contributed by atoms with van der Waals surface area (Å²) in [5.74, 6) is -1.66. The van der Waals surface area contributed by atoms with Gasteiger partial charge in [-0.2, -0.15) is 0 Å². The molecule has 0 aromatic heterocycles. The molecule has 0 unspecified atom stereocenters. The Hall–Kier alpha value is -1.71. The van der Waals surface area contributed by atoms with E-state index in [0.717, 1.165) is 17.7 Å². The minimum atomic E-state index is -0.703. The highest BCUT2D eigenvalue weighted by molar-refractivity contribution is 5.78. The van der Waals surface area contributed by atoms with E-state index in [-0.39, 0.29) is 17.9 Å². The van der Waals surface area contributed by atoms with Crippen LogP contribution in [-0.4, -0.2) is 12.5 Å². The summed E-state index contributed by atoms with van der Waals surface area (Å²) < 4.78 is 25.8. The van der Waals surface area contributed by atoms with Crippen LogP contribution in [0.3, 0.4) is 0 Å². The lowest BCUT2D eigenvalue weighted by molar-refractivity contribution is -0.120. The van der Waals surface area contributed by atoms with Crippen LogP contribution in [0, 0.1) is 11.6 Å². The SMILES string of the molecule is C=C(C)CNC(=O)Cc1ccc(F)cc1F. The fraction of sp³-hybridized carbons (Fsp3) is 0.250. The first-order valence-corrected chi connectivity index (χ1v) is 4.84. The second-order valence-corrected chi connectivity index (χ2v) is 3.65. The van der Waals surface area contributed by atoms with E-state index in [4.69, 9.17) is 0 Å². The van der Waals surface area contributed by atoms with E-state index in [9.17, 15) is 13.6 Å². The Morgan fingerprint density at radius 1 is 1.44 bits per heavy atom. The van der Waals surface area contributed by atoms with E-state index >= 15 is 0 Å². The summed E-state index contributed by atoms with van der Waals surface area (Å²) in [6.07, 6.45) is -0.0978. The maximum absolute atomic E-state index is 13.2. The average molecular weight is 225 g/mol. The van der Waals surface area contributed by atoms with E-state index < -0.39 is 11.6 Å². The number of carbonyl (C=O) groups is 1. The molecule has 1 amide bonds. The highest BCUT2D eigenvalue weighted by Gasteiger charge is 2.08. The molecule has 16 heavy (non-hydrogen) atoms. The van der Waals surface area contributed by atoms with E-state index in [1.165, 1.54) is 6.07 Å². The molecule has 0 radical (unpaired) electrons. The van der Waals surface area contributed by atoms with Gasteiger partial charge < -0.3 is 5.32 Å². The molecule has 0 spiro atoms. The Balaban J connectivity index is 2.59. The standard InChI is InChI=1S/C12H13F2NO/c1-8(2)7-15-12(16)5-9-3-4-10(13)6-11(9)14/h3-4,6H,1,5,7H2,2H3,(H,15,16). The summed E-state index contributed by atoms with van der Waals surface area (Å²) in [4.78, 5) is 11.3. The van der Waals surface area contributed by atoms with Crippen LogP contribution in [0.1, 0.15) is 12.5 Å². The number of rotatable bonds is 4. The zero-order chi connectivity index (χ0) is 12.1. The predicted molar refractivity (Wildman–Crippen MR) is 57.9 cm³/mol. The fourth-order valence-electron chi connectivity index (χ4n) is 1.15. The third-order valence-corrected chi connectivity index (χ3v) is 1.95. The van der Waals surface area contributed by atoms with Crippen LogP contribution < -0.4 is 5.32 Å². The van der Waals surface area contributed by atoms with Crippen molar-refractivity contribution >= 4 is 5.91 Å². The summed E-state index contributed by atoms with van der Waals surface area (Å²) >= 11 is 0. The monoisotopic (exact) mass is 225 g/mol. The number of benzene rings is 1. The summed E-state index contributed by atoms with van der Waals surface area (Å²) in [5.41, 5.74) is 0.994. The maximum atomic E-state index is 13.2. The first-order valence-electron chi connectivity index (χ1n) is 4.84. The predicted octanol–water partition coefficient (Wildman–Crippen LogP) is 2.20. The van der Waals surface area contributed by atoms with Gasteiger partial charge in [-0.1, -0.05) is 18.2 Å². The molecule has 0 bridgehead atoms. The smallest absolute Gasteiger partial charge is 0.224 e. The number of nitrogens with one attached hydrogen (secondary N) is 1. The maximum Gasteiger partial charge on any atom is 0.224 e. The van der Waals surface area contributed by atoms with Gasteiger partial charge >= 0.3 is 0 Å². The first-order chi connectivity index (χ1) is 7.49. The van der Waals surface area contributed by atoms with Gasteiger partial charge in [0.2, 0.25) is 5.91 Å². The third kappa shape index (κ3) is 3.81. The van der Waals surface area contributed by atoms with Gasteiger partial charge in [0.1, 0.15) is 11.6 Å². The van der Waals surface area contributed by atoms with Crippen LogP contribution in [-0.2, 0) is 11.2 Å². The van der Waals surface area contributed by atoms with Crippen LogP contribution in [0.25, 0.3) is 0 Å². The van der Waals surface area contributed by atoms with Crippen molar-refractivity contribution in [2.24, 2.45) is 0 Å². The van der Waals surface area contributed by atoms with Crippen molar-refractivity contribution in [3.63, 3.8) is 0 Å². The molecule has 0 heterocycles. The Kier molecular flexibility index (Phi) is 4.17. The Morgan fingerprint density at radius 2 is 2.12 bits per heavy atom. The number of hydrogen-bond acceptors (Lipinski definition) is 1. The Labute approximate surface area is 93.0 Å². The lowest BCUT2D eigenvalue weighted by atomic mass is 10.1. The van der Waals surface area contributed by atoms with Crippen molar-refractivity contribution < 1.29 is 13.6 Å². The highest BCUT2D eigenvalue weighted by atomic mass is 19.1. The van der Waals surface area contributed by atoms with Crippen molar-refractivity contribution in [3.8, 4) is 0 Å². The normalized spacial score (nSPS) is 9.94. The Morgan fingerprint density at radius 3 is 2.69 bits per heavy atom. The van der Waals surface area contributed by atoms with E-state index in [1.54, 1.807) is 6.92 Å². The molecule has 0 aliphatic carbocycles. The van der Waals surface area contributed by atoms with Crippen molar-refractivity contribution in [1.29, 1.82) is 0 Å². The zero-order valence-electron chi connectivity index (χ0n) is 9.02. The van der Waals surface area contributed by atoms with E-state index in [1.807, 2.05) is 0 Å². The number of hydrogen-bond donors (Lipinski definition) is 1. The molecule has 0 aliphatic rings. The number of amides is 1. The Bertz CT molecular complexity index is 415. The molecule has 86 valence electrons. The molecule has 0 saturated carbocycles. The lowest BCUT2D eigenvalue weighted by Crippen LogP contribution is -2.26. The molecule has 0 saturated heterocycles. The van der Waals surface area contributed by atoms with Crippen LogP contribution in [0.2, 0.25) is 0 Å². The molecule has 1 rings (SSSR count). The average Bonchev–Trinajstić information content (AvgIpc) is 2.19. The highest BCUT2D eigenvalue weighted by Crippen LogP contribution is 2.09. The quantitative estimate of drug-likeness (QED) is 0.782. The largest absolute Gasteiger partial charge is 0.352 e. The van der Waals surface area contributed by atoms with Crippen LogP contribution in [0.15, 0.2) is 30.4 Å². The van der Waals surface area contributed by atoms with E-state index in [2.05, 4.69) is 11.9 Å². The first kappa shape index (κ1) is 12.4. The topological polar surface area (TPSA) is 29.1 Å². The van der Waals surface area contributed by atoms with Gasteiger partial charge in [-0.15, -0.1) is 0 Å². The van der Waals surface area contributed by atoms with Gasteiger partial charge in [0.15, 0.2) is 0 Å². The number of halogens is 2. The van der Waals surface area contributed by atoms with Crippen LogP contribution in [0.4, 0.5) is 8.78 Å². The second kappa shape index (κ2) is 5.39. The van der Waals surface area contributed by atoms with Gasteiger partial charge in [0, 0.05) is 12.6 Å². The fourth-order valence-corrected chi connectivity index (χ4v) is 1.15. The summed E-state index contributed by atoms with van der Waals surface area (Å²) in [6, 6.07) is 3.16. The zero-order valence-corrected chi connectivity index (χ0v) is 9.02. The lowest BCUT2D eigenvalue weighted by Gasteiger charge is -2.05. The molecular formula is C12H13F2NO. The van der Waals surface area contributed by atoms with Gasteiger partial charge in [0.25, 0.3) is 0 Å². The van der Waals surface area contributed by atoms with Gasteiger partial charge in [-0.25, -0.2) is 8.78 Å². The molecule has 0 atom stereocenters. The number of carbonyl (C=O) groups excluding carboxylic acids is 1. The van der Waals surface area contributed by atoms with Gasteiger partial charge in [-0.3, -0.25) is 4.79 Å². The molecule has 1 N–H and O–H groups in total. The molecule has 0 fully saturated rings. The molecule has 0 aliphatic heterocycles. The van der Waals surface area contributed by atoms with Crippen molar-refractivity contribution in [3.05, 3.63) is 47.5 Å². The molecule has 1 aromatic carbocycles. The summed E-state index contributed by atoms with van der Waals surface area (Å²) in [7, 11) is 0. The summed E-state index contributed by atoms with van der Waals surface area (Å²) in [5, 5.41) is 2.57. The molecule has 4 heteroatoms. The van der Waals surface area contributed by atoms with Crippen molar-refractivity contribution in [2.75, 3.05) is 6.54 Å². The summed E-state index contributed by atoms with van der Waals surface area (Å²) in [6.45, 7) is 5.76.